The topological polar surface area (TPSA) is 70.5 Å². The maximum atomic E-state index is 5.84. The van der Waals surface area contributed by atoms with E-state index in [0.717, 1.165) is 69.9 Å². The third kappa shape index (κ3) is 4.53. The molecule has 0 atom stereocenters. The lowest BCUT2D eigenvalue weighted by Crippen LogP contribution is -2.03. The van der Waals surface area contributed by atoms with E-state index in [1.165, 1.54) is 22.3 Å². The van der Waals surface area contributed by atoms with Crippen molar-refractivity contribution < 1.29 is 9.47 Å². The minimum atomic E-state index is 0.722. The van der Waals surface area contributed by atoms with E-state index in [-0.39, 0.29) is 0 Å². The van der Waals surface area contributed by atoms with Gasteiger partial charge in [0.1, 0.15) is 11.5 Å². The van der Waals surface area contributed by atoms with Gasteiger partial charge in [0.25, 0.3) is 0 Å². The molecule has 0 saturated carbocycles. The van der Waals surface area contributed by atoms with Gasteiger partial charge in [0.2, 0.25) is 0 Å². The first kappa shape index (κ1) is 17.8. The van der Waals surface area contributed by atoms with Crippen LogP contribution in [0.2, 0.25) is 0 Å². The molecular formula is C21H28N2O2. The molecule has 3 rings (SSSR count). The quantitative estimate of drug-likeness (QED) is 0.554. The van der Waals surface area contributed by atoms with Crippen molar-refractivity contribution in [2.24, 2.45) is 11.5 Å². The van der Waals surface area contributed by atoms with Gasteiger partial charge in [-0.2, -0.15) is 0 Å². The van der Waals surface area contributed by atoms with E-state index in [2.05, 4.69) is 36.4 Å². The van der Waals surface area contributed by atoms with E-state index in [1.807, 2.05) is 0 Å². The third-order valence-electron chi connectivity index (χ3n) is 4.56. The monoisotopic (exact) mass is 340 g/mol. The number of ether oxygens (including phenoxy) is 2. The Balaban J connectivity index is 1.63. The van der Waals surface area contributed by atoms with Crippen LogP contribution in [0.15, 0.2) is 36.4 Å². The summed E-state index contributed by atoms with van der Waals surface area (Å²) in [6.07, 6.45) is 4.94. The minimum absolute atomic E-state index is 0.722. The van der Waals surface area contributed by atoms with Crippen molar-refractivity contribution in [2.45, 2.75) is 32.1 Å². The van der Waals surface area contributed by atoms with E-state index < -0.39 is 0 Å². The van der Waals surface area contributed by atoms with E-state index >= 15 is 0 Å². The van der Waals surface area contributed by atoms with Crippen molar-refractivity contribution in [3.8, 4) is 22.6 Å². The van der Waals surface area contributed by atoms with Gasteiger partial charge < -0.3 is 20.9 Å². The first-order valence-electron chi connectivity index (χ1n) is 9.24. The zero-order valence-corrected chi connectivity index (χ0v) is 14.8. The predicted molar refractivity (Wildman–Crippen MR) is 102 cm³/mol. The van der Waals surface area contributed by atoms with Gasteiger partial charge in [0.05, 0.1) is 13.2 Å². The Kier molecular flexibility index (Phi) is 6.31. The van der Waals surface area contributed by atoms with Crippen LogP contribution in [-0.2, 0) is 6.42 Å². The molecule has 0 heterocycles. The summed E-state index contributed by atoms with van der Waals surface area (Å²) in [5, 5.41) is 0. The van der Waals surface area contributed by atoms with Gasteiger partial charge in [-0.15, -0.1) is 0 Å². The van der Waals surface area contributed by atoms with Gasteiger partial charge in [-0.25, -0.2) is 0 Å². The molecule has 4 nitrogen and oxygen atoms in total. The van der Waals surface area contributed by atoms with E-state index in [1.54, 1.807) is 0 Å². The fourth-order valence-corrected chi connectivity index (χ4v) is 3.22. The number of hydrogen-bond donors (Lipinski definition) is 2. The SMILES string of the molecule is NCCCCOc1ccc2c(c1)Cc1cc(OCCCCN)ccc1-2. The van der Waals surface area contributed by atoms with Crippen molar-refractivity contribution in [2.75, 3.05) is 26.3 Å². The molecule has 4 N–H and O–H groups in total. The molecular weight excluding hydrogens is 312 g/mol. The summed E-state index contributed by atoms with van der Waals surface area (Å²) in [4.78, 5) is 0. The number of fused-ring (bicyclic) bond motifs is 3. The van der Waals surface area contributed by atoms with Gasteiger partial charge in [0, 0.05) is 0 Å². The largest absolute Gasteiger partial charge is 0.494 e. The van der Waals surface area contributed by atoms with Crippen LogP contribution in [0.3, 0.4) is 0 Å². The summed E-state index contributed by atoms with van der Waals surface area (Å²) < 4.78 is 11.7. The Bertz CT molecular complexity index is 641. The van der Waals surface area contributed by atoms with Crippen LogP contribution in [0.25, 0.3) is 11.1 Å². The Labute approximate surface area is 150 Å². The molecule has 0 fully saturated rings. The van der Waals surface area contributed by atoms with Gasteiger partial charge in [0.15, 0.2) is 0 Å². The Hall–Kier alpha value is -2.04. The highest BCUT2D eigenvalue weighted by Crippen LogP contribution is 2.39. The first-order valence-corrected chi connectivity index (χ1v) is 9.24. The smallest absolute Gasteiger partial charge is 0.119 e. The Morgan fingerprint density at radius 2 is 1.16 bits per heavy atom. The number of hydrogen-bond acceptors (Lipinski definition) is 4. The molecule has 134 valence electrons. The van der Waals surface area contributed by atoms with Crippen molar-refractivity contribution in [1.29, 1.82) is 0 Å². The molecule has 2 aromatic carbocycles. The molecule has 0 radical (unpaired) electrons. The van der Waals surface area contributed by atoms with Crippen LogP contribution >= 0.6 is 0 Å². The lowest BCUT2D eigenvalue weighted by atomic mass is 10.1. The Morgan fingerprint density at radius 3 is 1.60 bits per heavy atom. The zero-order valence-electron chi connectivity index (χ0n) is 14.8. The molecule has 1 aliphatic carbocycles. The molecule has 4 heteroatoms. The van der Waals surface area contributed by atoms with Crippen LogP contribution in [0, 0.1) is 0 Å². The van der Waals surface area contributed by atoms with E-state index in [0.29, 0.717) is 0 Å². The molecule has 1 aliphatic rings. The zero-order chi connectivity index (χ0) is 17.5. The molecule has 0 saturated heterocycles. The highest BCUT2D eigenvalue weighted by molar-refractivity contribution is 5.78. The normalized spacial score (nSPS) is 11.9. The lowest BCUT2D eigenvalue weighted by molar-refractivity contribution is 0.307. The number of rotatable bonds is 10. The van der Waals surface area contributed by atoms with Crippen LogP contribution in [0.5, 0.6) is 11.5 Å². The summed E-state index contributed by atoms with van der Waals surface area (Å²) in [5.41, 5.74) is 16.3. The van der Waals surface area contributed by atoms with Crippen LogP contribution < -0.4 is 20.9 Å². The first-order chi connectivity index (χ1) is 12.3. The summed E-state index contributed by atoms with van der Waals surface area (Å²) >= 11 is 0. The van der Waals surface area contributed by atoms with Gasteiger partial charge in [-0.1, -0.05) is 12.1 Å². The highest BCUT2D eigenvalue weighted by Gasteiger charge is 2.19. The number of unbranched alkanes of at least 4 members (excludes halogenated alkanes) is 2. The second-order valence-corrected chi connectivity index (χ2v) is 6.50. The summed E-state index contributed by atoms with van der Waals surface area (Å²) in [7, 11) is 0. The van der Waals surface area contributed by atoms with Crippen molar-refractivity contribution in [3.05, 3.63) is 47.5 Å². The Morgan fingerprint density at radius 1 is 0.680 bits per heavy atom. The predicted octanol–water partition coefficient (Wildman–Crippen LogP) is 3.49. The summed E-state index contributed by atoms with van der Waals surface area (Å²) in [6.45, 7) is 2.90. The number of benzene rings is 2. The maximum absolute atomic E-state index is 5.84. The van der Waals surface area contributed by atoms with Crippen LogP contribution in [0.4, 0.5) is 0 Å². The maximum Gasteiger partial charge on any atom is 0.119 e. The fourth-order valence-electron chi connectivity index (χ4n) is 3.22. The molecule has 2 aromatic rings. The summed E-state index contributed by atoms with van der Waals surface area (Å²) in [6, 6.07) is 12.8. The molecule has 0 aromatic heterocycles. The second-order valence-electron chi connectivity index (χ2n) is 6.50. The molecule has 0 bridgehead atoms. The lowest BCUT2D eigenvalue weighted by Gasteiger charge is -2.08. The van der Waals surface area contributed by atoms with Crippen molar-refractivity contribution in [1.82, 2.24) is 0 Å². The molecule has 0 aliphatic heterocycles. The summed E-state index contributed by atoms with van der Waals surface area (Å²) in [5.74, 6) is 1.89. The van der Waals surface area contributed by atoms with E-state index in [9.17, 15) is 0 Å². The van der Waals surface area contributed by atoms with Crippen molar-refractivity contribution >= 4 is 0 Å². The van der Waals surface area contributed by atoms with Crippen LogP contribution in [0.1, 0.15) is 36.8 Å². The average Bonchev–Trinajstić information content (AvgIpc) is 2.99. The van der Waals surface area contributed by atoms with E-state index in [4.69, 9.17) is 20.9 Å². The minimum Gasteiger partial charge on any atom is -0.494 e. The van der Waals surface area contributed by atoms with Gasteiger partial charge >= 0.3 is 0 Å². The van der Waals surface area contributed by atoms with Gasteiger partial charge in [-0.05, 0) is 91.7 Å². The van der Waals surface area contributed by atoms with Crippen LogP contribution in [-0.4, -0.2) is 26.3 Å². The fraction of sp³-hybridized carbons (Fsp3) is 0.429. The molecule has 0 unspecified atom stereocenters. The molecule has 0 spiro atoms. The molecule has 0 amide bonds. The highest BCUT2D eigenvalue weighted by atomic mass is 16.5. The average molecular weight is 340 g/mol. The third-order valence-corrected chi connectivity index (χ3v) is 4.56. The van der Waals surface area contributed by atoms with Gasteiger partial charge in [-0.3, -0.25) is 0 Å². The molecule has 25 heavy (non-hydrogen) atoms. The number of nitrogens with two attached hydrogens (primary N) is 2. The second kappa shape index (κ2) is 8.88. The van der Waals surface area contributed by atoms with Crippen molar-refractivity contribution in [3.63, 3.8) is 0 Å². The standard InChI is InChI=1S/C21H28N2O2/c22-9-1-3-11-24-18-5-7-20-16(14-18)13-17-15-19(6-8-21(17)20)25-12-4-2-10-23/h5-8,14-15H,1-4,9-13,22-23H2.